The van der Waals surface area contributed by atoms with E-state index in [0.29, 0.717) is 5.54 Å². The number of hydrogen-bond donors (Lipinski definition) is 1. The standard InChI is InChI=1S/C13H26N2/c1-11-5-8-15(12(2)9-11)13(10-14)6-3-4-7-13/h11-12H,3-10,14H2,1-2H3. The van der Waals surface area contributed by atoms with Gasteiger partial charge in [0.05, 0.1) is 0 Å². The van der Waals surface area contributed by atoms with Crippen LogP contribution in [0.1, 0.15) is 52.4 Å². The molecule has 0 aromatic heterocycles. The lowest BCUT2D eigenvalue weighted by atomic mass is 9.86. The zero-order valence-electron chi connectivity index (χ0n) is 10.3. The normalized spacial score (nSPS) is 37.0. The van der Waals surface area contributed by atoms with Crippen LogP contribution in [0.4, 0.5) is 0 Å². The second-order valence-corrected chi connectivity index (χ2v) is 5.81. The molecule has 0 amide bonds. The van der Waals surface area contributed by atoms with Crippen LogP contribution in [-0.2, 0) is 0 Å². The number of nitrogens with two attached hydrogens (primary N) is 1. The van der Waals surface area contributed by atoms with E-state index in [1.807, 2.05) is 0 Å². The molecule has 88 valence electrons. The fourth-order valence-corrected chi connectivity index (χ4v) is 3.75. The number of nitrogens with zero attached hydrogens (tertiary/aromatic N) is 1. The second-order valence-electron chi connectivity index (χ2n) is 5.81. The van der Waals surface area contributed by atoms with Crippen LogP contribution < -0.4 is 5.73 Å². The lowest BCUT2D eigenvalue weighted by Crippen LogP contribution is -2.58. The van der Waals surface area contributed by atoms with Crippen molar-refractivity contribution >= 4 is 0 Å². The van der Waals surface area contributed by atoms with Crippen LogP contribution in [-0.4, -0.2) is 29.6 Å². The third-order valence-corrected chi connectivity index (χ3v) is 4.66. The van der Waals surface area contributed by atoms with Gasteiger partial charge in [0, 0.05) is 18.1 Å². The highest BCUT2D eigenvalue weighted by Gasteiger charge is 2.41. The van der Waals surface area contributed by atoms with Crippen LogP contribution in [0.3, 0.4) is 0 Å². The van der Waals surface area contributed by atoms with E-state index in [0.717, 1.165) is 18.5 Å². The van der Waals surface area contributed by atoms with E-state index in [9.17, 15) is 0 Å². The lowest BCUT2D eigenvalue weighted by Gasteiger charge is -2.48. The van der Waals surface area contributed by atoms with Crippen molar-refractivity contribution in [3.63, 3.8) is 0 Å². The van der Waals surface area contributed by atoms with Gasteiger partial charge in [-0.25, -0.2) is 0 Å². The van der Waals surface area contributed by atoms with Gasteiger partial charge in [-0.2, -0.15) is 0 Å². The fraction of sp³-hybridized carbons (Fsp3) is 1.00. The van der Waals surface area contributed by atoms with Crippen molar-refractivity contribution in [2.45, 2.75) is 64.0 Å². The Labute approximate surface area is 94.2 Å². The lowest BCUT2D eigenvalue weighted by molar-refractivity contribution is 0.0184. The third-order valence-electron chi connectivity index (χ3n) is 4.66. The molecule has 2 heteroatoms. The molecule has 1 saturated carbocycles. The molecule has 0 bridgehead atoms. The first-order valence-corrected chi connectivity index (χ1v) is 6.65. The highest BCUT2D eigenvalue weighted by Crippen LogP contribution is 2.39. The van der Waals surface area contributed by atoms with Crippen LogP contribution in [0, 0.1) is 5.92 Å². The van der Waals surface area contributed by atoms with Gasteiger partial charge in [0.25, 0.3) is 0 Å². The summed E-state index contributed by atoms with van der Waals surface area (Å²) in [5.74, 6) is 0.910. The highest BCUT2D eigenvalue weighted by atomic mass is 15.2. The maximum absolute atomic E-state index is 6.05. The quantitative estimate of drug-likeness (QED) is 0.758. The molecule has 2 rings (SSSR count). The largest absolute Gasteiger partial charge is 0.329 e. The summed E-state index contributed by atoms with van der Waals surface area (Å²) in [5, 5.41) is 0. The van der Waals surface area contributed by atoms with Gasteiger partial charge < -0.3 is 5.73 Å². The maximum Gasteiger partial charge on any atom is 0.0334 e. The second kappa shape index (κ2) is 4.42. The van der Waals surface area contributed by atoms with Crippen LogP contribution in [0.25, 0.3) is 0 Å². The summed E-state index contributed by atoms with van der Waals surface area (Å²) in [6.45, 7) is 6.92. The number of piperidine rings is 1. The van der Waals surface area contributed by atoms with Crippen LogP contribution in [0.2, 0.25) is 0 Å². The Bertz CT molecular complexity index is 209. The average Bonchev–Trinajstić information content (AvgIpc) is 2.67. The molecule has 2 N–H and O–H groups in total. The van der Waals surface area contributed by atoms with Gasteiger partial charge >= 0.3 is 0 Å². The highest BCUT2D eigenvalue weighted by molar-refractivity contribution is 4.99. The number of rotatable bonds is 2. The molecular formula is C13H26N2. The Morgan fingerprint density at radius 2 is 1.93 bits per heavy atom. The summed E-state index contributed by atoms with van der Waals surface area (Å²) >= 11 is 0. The molecule has 0 radical (unpaired) electrons. The molecule has 1 heterocycles. The number of hydrogen-bond acceptors (Lipinski definition) is 2. The minimum absolute atomic E-state index is 0.375. The molecule has 0 spiro atoms. The van der Waals surface area contributed by atoms with E-state index >= 15 is 0 Å². The SMILES string of the molecule is CC1CCN(C2(CN)CCCC2)C(C)C1. The van der Waals surface area contributed by atoms with Crippen molar-refractivity contribution in [2.75, 3.05) is 13.1 Å². The predicted molar refractivity (Wildman–Crippen MR) is 64.8 cm³/mol. The molecular weight excluding hydrogens is 184 g/mol. The molecule has 0 aromatic rings. The smallest absolute Gasteiger partial charge is 0.0334 e. The Morgan fingerprint density at radius 3 is 2.47 bits per heavy atom. The van der Waals surface area contributed by atoms with Crippen molar-refractivity contribution in [1.29, 1.82) is 0 Å². The molecule has 2 aliphatic rings. The molecule has 2 atom stereocenters. The summed E-state index contributed by atoms with van der Waals surface area (Å²) in [6.07, 6.45) is 8.17. The molecule has 1 aliphatic heterocycles. The molecule has 1 aliphatic carbocycles. The van der Waals surface area contributed by atoms with Gasteiger partial charge in [-0.05, 0) is 45.1 Å². The van der Waals surface area contributed by atoms with Gasteiger partial charge in [0.15, 0.2) is 0 Å². The average molecular weight is 210 g/mol. The monoisotopic (exact) mass is 210 g/mol. The zero-order valence-corrected chi connectivity index (χ0v) is 10.3. The molecule has 15 heavy (non-hydrogen) atoms. The van der Waals surface area contributed by atoms with Crippen molar-refractivity contribution in [1.82, 2.24) is 4.90 Å². The van der Waals surface area contributed by atoms with E-state index in [1.165, 1.54) is 45.1 Å². The van der Waals surface area contributed by atoms with E-state index in [4.69, 9.17) is 5.73 Å². The first kappa shape index (κ1) is 11.4. The summed E-state index contributed by atoms with van der Waals surface area (Å²) in [6, 6.07) is 0.746. The van der Waals surface area contributed by atoms with Gasteiger partial charge in [0.1, 0.15) is 0 Å². The Kier molecular flexibility index (Phi) is 3.36. The van der Waals surface area contributed by atoms with Crippen LogP contribution in [0.15, 0.2) is 0 Å². The summed E-state index contributed by atoms with van der Waals surface area (Å²) in [4.78, 5) is 2.74. The van der Waals surface area contributed by atoms with E-state index in [1.54, 1.807) is 0 Å². The molecule has 0 aromatic carbocycles. The first-order valence-electron chi connectivity index (χ1n) is 6.65. The Balaban J connectivity index is 2.07. The minimum atomic E-state index is 0.375. The van der Waals surface area contributed by atoms with E-state index in [2.05, 4.69) is 18.7 Å². The Morgan fingerprint density at radius 1 is 1.27 bits per heavy atom. The molecule has 2 fully saturated rings. The number of likely N-dealkylation sites (tertiary alicyclic amines) is 1. The van der Waals surface area contributed by atoms with Gasteiger partial charge in [-0.3, -0.25) is 4.90 Å². The predicted octanol–water partition coefficient (Wildman–Crippen LogP) is 2.38. The molecule has 1 saturated heterocycles. The van der Waals surface area contributed by atoms with Gasteiger partial charge in [-0.1, -0.05) is 19.8 Å². The summed E-state index contributed by atoms with van der Waals surface area (Å²) in [7, 11) is 0. The van der Waals surface area contributed by atoms with Crippen LogP contribution in [0.5, 0.6) is 0 Å². The topological polar surface area (TPSA) is 29.3 Å². The fourth-order valence-electron chi connectivity index (χ4n) is 3.75. The molecule has 2 nitrogen and oxygen atoms in total. The third kappa shape index (κ3) is 2.07. The van der Waals surface area contributed by atoms with Gasteiger partial charge in [0.2, 0.25) is 0 Å². The summed E-state index contributed by atoms with van der Waals surface area (Å²) in [5.41, 5.74) is 6.43. The first-order chi connectivity index (χ1) is 7.18. The zero-order chi connectivity index (χ0) is 10.9. The van der Waals surface area contributed by atoms with Crippen molar-refractivity contribution in [3.05, 3.63) is 0 Å². The van der Waals surface area contributed by atoms with E-state index in [-0.39, 0.29) is 0 Å². The van der Waals surface area contributed by atoms with Crippen molar-refractivity contribution in [2.24, 2.45) is 11.7 Å². The Hall–Kier alpha value is -0.0800. The summed E-state index contributed by atoms with van der Waals surface area (Å²) < 4.78 is 0. The maximum atomic E-state index is 6.05. The van der Waals surface area contributed by atoms with Crippen molar-refractivity contribution in [3.8, 4) is 0 Å². The van der Waals surface area contributed by atoms with Crippen LogP contribution >= 0.6 is 0 Å². The van der Waals surface area contributed by atoms with Gasteiger partial charge in [-0.15, -0.1) is 0 Å². The van der Waals surface area contributed by atoms with Crippen molar-refractivity contribution < 1.29 is 0 Å². The van der Waals surface area contributed by atoms with E-state index < -0.39 is 0 Å². The minimum Gasteiger partial charge on any atom is -0.329 e. The molecule has 2 unspecified atom stereocenters.